The number of hydrogen-bond donors (Lipinski definition) is 0. The van der Waals surface area contributed by atoms with E-state index in [9.17, 15) is 0 Å². The number of pyridine rings is 1. The van der Waals surface area contributed by atoms with Crippen molar-refractivity contribution in [3.8, 4) is 44.6 Å². The standard InChI is InChI=1S/C69H40N2S/c1-2-12-46-34-51-38-66-64(37-50(51)33-45(46)11-1)70-69-68-63(62-36-47-13-3-4-14-48(47)39-67(62)72-68)40-65(71(66)69)44-27-25-43(26-28-44)53-32-31-52(54-15-5-6-16-55(53)54)42-23-21-41(22-24-42)49-29-30-60-58-19-8-7-17-56(58)57-18-9-10-20-59(57)61(60)35-49/h1-40H. The Morgan fingerprint density at radius 1 is 0.292 bits per heavy atom. The van der Waals surface area contributed by atoms with Crippen LogP contribution in [0.4, 0.5) is 0 Å². The van der Waals surface area contributed by atoms with Crippen molar-refractivity contribution < 1.29 is 0 Å². The summed E-state index contributed by atoms with van der Waals surface area (Å²) in [6.07, 6.45) is 0. The van der Waals surface area contributed by atoms with Gasteiger partial charge in [-0.3, -0.25) is 4.40 Å². The maximum Gasteiger partial charge on any atom is 0.156 e. The molecule has 3 aromatic heterocycles. The van der Waals surface area contributed by atoms with Gasteiger partial charge < -0.3 is 0 Å². The number of benzene rings is 13. The molecule has 0 saturated carbocycles. The zero-order valence-electron chi connectivity index (χ0n) is 38.9. The highest BCUT2D eigenvalue weighted by atomic mass is 32.1. The van der Waals surface area contributed by atoms with E-state index in [4.69, 9.17) is 4.98 Å². The van der Waals surface area contributed by atoms with Gasteiger partial charge >= 0.3 is 0 Å². The van der Waals surface area contributed by atoms with E-state index in [2.05, 4.69) is 247 Å². The fourth-order valence-corrected chi connectivity index (χ4v) is 13.2. The second-order valence-corrected chi connectivity index (χ2v) is 20.5. The predicted molar refractivity (Wildman–Crippen MR) is 310 cm³/mol. The minimum Gasteiger partial charge on any atom is -0.291 e. The summed E-state index contributed by atoms with van der Waals surface area (Å²) in [5.41, 5.74) is 12.7. The van der Waals surface area contributed by atoms with Crippen molar-refractivity contribution in [2.24, 2.45) is 0 Å². The summed E-state index contributed by atoms with van der Waals surface area (Å²) >= 11 is 1.85. The van der Waals surface area contributed by atoms with Crippen LogP contribution in [-0.2, 0) is 0 Å². The Morgan fingerprint density at radius 3 is 1.38 bits per heavy atom. The third-order valence-electron chi connectivity index (χ3n) is 15.5. The van der Waals surface area contributed by atoms with E-state index in [1.165, 1.54) is 129 Å². The summed E-state index contributed by atoms with van der Waals surface area (Å²) in [4.78, 5) is 5.48. The minimum atomic E-state index is 1.00. The first-order valence-corrected chi connectivity index (χ1v) is 25.6. The van der Waals surface area contributed by atoms with Gasteiger partial charge in [0.15, 0.2) is 5.65 Å². The van der Waals surface area contributed by atoms with Gasteiger partial charge in [0.1, 0.15) is 0 Å². The zero-order valence-corrected chi connectivity index (χ0v) is 39.7. The number of nitrogens with zero attached hydrogens (tertiary/aromatic N) is 2. The Hall–Kier alpha value is -9.15. The number of imidazole rings is 1. The summed E-state index contributed by atoms with van der Waals surface area (Å²) in [5, 5.41) is 20.2. The van der Waals surface area contributed by atoms with Crippen molar-refractivity contribution in [3.63, 3.8) is 0 Å². The van der Waals surface area contributed by atoms with Crippen molar-refractivity contribution in [1.29, 1.82) is 0 Å². The molecular weight excluding hydrogens is 889 g/mol. The molecule has 16 aromatic rings. The molecule has 0 aliphatic heterocycles. The van der Waals surface area contributed by atoms with Gasteiger partial charge in [0, 0.05) is 15.5 Å². The molecule has 0 atom stereocenters. The normalized spacial score (nSPS) is 12.2. The molecule has 13 aromatic carbocycles. The first kappa shape index (κ1) is 39.7. The van der Waals surface area contributed by atoms with Gasteiger partial charge in [0.25, 0.3) is 0 Å². The summed E-state index contributed by atoms with van der Waals surface area (Å²) in [5.74, 6) is 0. The van der Waals surface area contributed by atoms with E-state index >= 15 is 0 Å². The van der Waals surface area contributed by atoms with Crippen LogP contribution in [0.3, 0.4) is 0 Å². The Balaban J connectivity index is 0.803. The number of aromatic nitrogens is 2. The lowest BCUT2D eigenvalue weighted by molar-refractivity contribution is 1.25. The molecule has 0 amide bonds. The molecular formula is C69H40N2S. The molecule has 0 N–H and O–H groups in total. The number of rotatable bonds is 4. The fourth-order valence-electron chi connectivity index (χ4n) is 12.0. The molecule has 2 nitrogen and oxygen atoms in total. The molecule has 16 rings (SSSR count). The predicted octanol–water partition coefficient (Wildman–Crippen LogP) is 19.6. The van der Waals surface area contributed by atoms with Gasteiger partial charge in [-0.25, -0.2) is 4.98 Å². The minimum absolute atomic E-state index is 1.00. The van der Waals surface area contributed by atoms with Crippen molar-refractivity contribution in [3.05, 3.63) is 243 Å². The zero-order chi connectivity index (χ0) is 47.0. The van der Waals surface area contributed by atoms with Crippen molar-refractivity contribution in [2.45, 2.75) is 0 Å². The molecule has 0 bridgehead atoms. The highest BCUT2D eigenvalue weighted by molar-refractivity contribution is 7.26. The van der Waals surface area contributed by atoms with Crippen LogP contribution in [0.25, 0.3) is 157 Å². The van der Waals surface area contributed by atoms with Crippen LogP contribution in [0.5, 0.6) is 0 Å². The van der Waals surface area contributed by atoms with Crippen LogP contribution in [0.15, 0.2) is 243 Å². The quantitative estimate of drug-likeness (QED) is 0.127. The molecule has 3 heterocycles. The van der Waals surface area contributed by atoms with Crippen LogP contribution in [0.2, 0.25) is 0 Å². The lowest BCUT2D eigenvalue weighted by atomic mass is 9.90. The third kappa shape index (κ3) is 5.92. The van der Waals surface area contributed by atoms with Gasteiger partial charge in [0.05, 0.1) is 21.4 Å². The molecule has 0 spiro atoms. The van der Waals surface area contributed by atoms with Gasteiger partial charge in [0.2, 0.25) is 0 Å². The third-order valence-corrected chi connectivity index (χ3v) is 16.7. The monoisotopic (exact) mass is 928 g/mol. The number of thiophene rings is 1. The van der Waals surface area contributed by atoms with Crippen molar-refractivity contribution >= 4 is 124 Å². The Labute approximate surface area is 417 Å². The fraction of sp³-hybridized carbons (Fsp3) is 0. The largest absolute Gasteiger partial charge is 0.291 e. The molecule has 0 unspecified atom stereocenters. The average Bonchev–Trinajstić information content (AvgIpc) is 4.00. The van der Waals surface area contributed by atoms with Crippen LogP contribution < -0.4 is 0 Å². The Kier molecular flexibility index (Phi) is 8.36. The second-order valence-electron chi connectivity index (χ2n) is 19.4. The maximum absolute atomic E-state index is 5.48. The van der Waals surface area contributed by atoms with E-state index in [0.717, 1.165) is 27.9 Å². The van der Waals surface area contributed by atoms with E-state index in [0.29, 0.717) is 0 Å². The van der Waals surface area contributed by atoms with Crippen LogP contribution >= 0.6 is 11.3 Å². The maximum atomic E-state index is 5.48. The molecule has 72 heavy (non-hydrogen) atoms. The van der Waals surface area contributed by atoms with Crippen LogP contribution in [0, 0.1) is 0 Å². The first-order valence-electron chi connectivity index (χ1n) is 24.7. The molecule has 0 aliphatic carbocycles. The lowest BCUT2D eigenvalue weighted by Gasteiger charge is -2.14. The van der Waals surface area contributed by atoms with Gasteiger partial charge in [-0.2, -0.15) is 0 Å². The molecule has 3 heteroatoms. The molecule has 0 fully saturated rings. The Morgan fingerprint density at radius 2 is 0.764 bits per heavy atom. The molecule has 0 aliphatic rings. The number of hydrogen-bond acceptors (Lipinski definition) is 2. The smallest absolute Gasteiger partial charge is 0.156 e. The SMILES string of the molecule is c1ccc2cc3cc4c(cc3cc2c1)nc1c2sc3cc5ccccc5cc3c2cc(-c2ccc(-c3ccc(-c5ccc(-c6ccc7c8ccccc8c8ccccc8c7c6)cc5)c5ccccc35)cc2)n41. The summed E-state index contributed by atoms with van der Waals surface area (Å²) in [6.45, 7) is 0. The van der Waals surface area contributed by atoms with E-state index in [-0.39, 0.29) is 0 Å². The highest BCUT2D eigenvalue weighted by Gasteiger charge is 2.20. The van der Waals surface area contributed by atoms with Crippen LogP contribution in [0.1, 0.15) is 0 Å². The number of fused-ring (bicyclic) bond motifs is 17. The highest BCUT2D eigenvalue weighted by Crippen LogP contribution is 2.44. The van der Waals surface area contributed by atoms with Crippen molar-refractivity contribution in [1.82, 2.24) is 9.38 Å². The van der Waals surface area contributed by atoms with E-state index in [1.807, 2.05) is 11.3 Å². The van der Waals surface area contributed by atoms with Crippen molar-refractivity contribution in [2.75, 3.05) is 0 Å². The van der Waals surface area contributed by atoms with Gasteiger partial charge in [-0.15, -0.1) is 11.3 Å². The van der Waals surface area contributed by atoms with E-state index < -0.39 is 0 Å². The topological polar surface area (TPSA) is 17.3 Å². The summed E-state index contributed by atoms with van der Waals surface area (Å²) in [6, 6.07) is 90.1. The van der Waals surface area contributed by atoms with E-state index in [1.54, 1.807) is 0 Å². The van der Waals surface area contributed by atoms with Gasteiger partial charge in [-0.1, -0.05) is 194 Å². The molecule has 0 radical (unpaired) electrons. The Bertz CT molecular complexity index is 4910. The van der Waals surface area contributed by atoms with Gasteiger partial charge in [-0.05, 0) is 163 Å². The first-order chi connectivity index (χ1) is 35.6. The molecule has 0 saturated heterocycles. The molecule has 332 valence electrons. The summed E-state index contributed by atoms with van der Waals surface area (Å²) < 4.78 is 4.90. The van der Waals surface area contributed by atoms with Crippen LogP contribution in [-0.4, -0.2) is 9.38 Å². The average molecular weight is 929 g/mol. The lowest BCUT2D eigenvalue weighted by Crippen LogP contribution is -1.93. The second kappa shape index (κ2) is 15.2. The summed E-state index contributed by atoms with van der Waals surface area (Å²) in [7, 11) is 0.